The molecule has 3 rings (SSSR count). The maximum absolute atomic E-state index is 11.6. The second-order valence-corrected chi connectivity index (χ2v) is 6.74. The smallest absolute Gasteiger partial charge is 0.290 e. The maximum atomic E-state index is 11.6. The first-order valence-electron chi connectivity index (χ1n) is 7.61. The van der Waals surface area contributed by atoms with Crippen molar-refractivity contribution in [3.05, 3.63) is 22.9 Å². The third-order valence-electron chi connectivity index (χ3n) is 3.86. The Morgan fingerprint density at radius 3 is 3.04 bits per heavy atom. The minimum absolute atomic E-state index is 0.350. The van der Waals surface area contributed by atoms with Gasteiger partial charge < -0.3 is 10.2 Å². The molecule has 23 heavy (non-hydrogen) atoms. The number of nitrogens with one attached hydrogen (secondary N) is 2. The Kier molecular flexibility index (Phi) is 4.92. The molecule has 0 saturated carbocycles. The summed E-state index contributed by atoms with van der Waals surface area (Å²) >= 11 is 0.890. The number of carbonyl (C=O) groups is 2. The highest BCUT2D eigenvalue weighted by Gasteiger charge is 2.25. The molecular formula is C15H19N5O2S. The molecule has 0 aliphatic carbocycles. The second kappa shape index (κ2) is 7.10. The fourth-order valence-corrected chi connectivity index (χ4v) is 3.40. The molecule has 2 aliphatic rings. The number of thioether (sulfide) groups is 1. The molecule has 0 radical (unpaired) electrons. The molecule has 8 heteroatoms. The van der Waals surface area contributed by atoms with E-state index in [9.17, 15) is 9.59 Å². The number of hydrogen-bond donors (Lipinski definition) is 2. The SMILES string of the molecule is CN(CC1CCCNC1)c1nccc(C=C2SC(=O)NC2=O)n1. The van der Waals surface area contributed by atoms with Crippen LogP contribution in [0.15, 0.2) is 17.2 Å². The summed E-state index contributed by atoms with van der Waals surface area (Å²) in [6, 6.07) is 1.73. The van der Waals surface area contributed by atoms with Crippen LogP contribution >= 0.6 is 11.8 Å². The lowest BCUT2D eigenvalue weighted by Crippen LogP contribution is -2.37. The zero-order valence-corrected chi connectivity index (χ0v) is 13.7. The molecule has 1 unspecified atom stereocenters. The fourth-order valence-electron chi connectivity index (χ4n) is 2.73. The lowest BCUT2D eigenvalue weighted by atomic mass is 9.99. The van der Waals surface area contributed by atoms with Crippen molar-refractivity contribution >= 4 is 34.9 Å². The summed E-state index contributed by atoms with van der Waals surface area (Å²) in [5.74, 6) is 0.842. The minimum atomic E-state index is -0.373. The van der Waals surface area contributed by atoms with Crippen LogP contribution in [0.3, 0.4) is 0 Å². The molecule has 0 bridgehead atoms. The molecule has 122 valence electrons. The van der Waals surface area contributed by atoms with E-state index in [0.29, 0.717) is 22.5 Å². The van der Waals surface area contributed by atoms with E-state index in [1.54, 1.807) is 18.3 Å². The number of aromatic nitrogens is 2. The normalized spacial score (nSPS) is 23.2. The van der Waals surface area contributed by atoms with E-state index >= 15 is 0 Å². The van der Waals surface area contributed by atoms with Gasteiger partial charge in [-0.05, 0) is 55.8 Å². The highest BCUT2D eigenvalue weighted by molar-refractivity contribution is 8.18. The molecule has 1 aromatic rings. The Morgan fingerprint density at radius 1 is 1.48 bits per heavy atom. The number of hydrogen-bond acceptors (Lipinski definition) is 7. The molecule has 2 fully saturated rings. The van der Waals surface area contributed by atoms with Crippen molar-refractivity contribution in [2.45, 2.75) is 12.8 Å². The van der Waals surface area contributed by atoms with Crippen LogP contribution < -0.4 is 15.5 Å². The lowest BCUT2D eigenvalue weighted by molar-refractivity contribution is -0.115. The number of nitrogens with zero attached hydrogens (tertiary/aromatic N) is 3. The highest BCUT2D eigenvalue weighted by atomic mass is 32.2. The van der Waals surface area contributed by atoms with Crippen molar-refractivity contribution in [3.63, 3.8) is 0 Å². The monoisotopic (exact) mass is 333 g/mol. The van der Waals surface area contributed by atoms with Crippen LogP contribution in [0.25, 0.3) is 6.08 Å². The predicted octanol–water partition coefficient (Wildman–Crippen LogP) is 1.24. The Morgan fingerprint density at radius 2 is 2.35 bits per heavy atom. The van der Waals surface area contributed by atoms with Gasteiger partial charge in [-0.1, -0.05) is 0 Å². The summed E-state index contributed by atoms with van der Waals surface area (Å²) < 4.78 is 0. The van der Waals surface area contributed by atoms with Crippen molar-refractivity contribution in [1.29, 1.82) is 0 Å². The van der Waals surface area contributed by atoms with Gasteiger partial charge in [0, 0.05) is 19.8 Å². The molecule has 0 aromatic carbocycles. The summed E-state index contributed by atoms with van der Waals surface area (Å²) in [5, 5.41) is 5.29. The zero-order chi connectivity index (χ0) is 16.2. The van der Waals surface area contributed by atoms with Gasteiger partial charge in [0.15, 0.2) is 0 Å². The van der Waals surface area contributed by atoms with Crippen LogP contribution in [0.1, 0.15) is 18.5 Å². The Bertz CT molecular complexity index is 643. The third kappa shape index (κ3) is 4.08. The van der Waals surface area contributed by atoms with E-state index in [2.05, 4.69) is 20.6 Å². The third-order valence-corrected chi connectivity index (χ3v) is 4.67. The van der Waals surface area contributed by atoms with Crippen molar-refractivity contribution in [2.75, 3.05) is 31.6 Å². The van der Waals surface area contributed by atoms with Gasteiger partial charge >= 0.3 is 0 Å². The average Bonchev–Trinajstić information content (AvgIpc) is 2.86. The minimum Gasteiger partial charge on any atom is -0.344 e. The van der Waals surface area contributed by atoms with Crippen molar-refractivity contribution in [1.82, 2.24) is 20.6 Å². The Labute approximate surface area is 138 Å². The van der Waals surface area contributed by atoms with E-state index in [1.165, 1.54) is 12.8 Å². The number of anilines is 1. The van der Waals surface area contributed by atoms with Crippen molar-refractivity contribution in [3.8, 4) is 0 Å². The van der Waals surface area contributed by atoms with Gasteiger partial charge in [-0.2, -0.15) is 0 Å². The summed E-state index contributed by atoms with van der Waals surface area (Å²) in [6.07, 6.45) is 5.70. The van der Waals surface area contributed by atoms with E-state index in [1.807, 2.05) is 11.9 Å². The number of piperidine rings is 1. The zero-order valence-electron chi connectivity index (χ0n) is 12.9. The molecule has 2 saturated heterocycles. The average molecular weight is 333 g/mol. The number of amides is 2. The van der Waals surface area contributed by atoms with Crippen LogP contribution in [-0.4, -0.2) is 47.8 Å². The summed E-state index contributed by atoms with van der Waals surface area (Å²) in [7, 11) is 1.97. The Hall–Kier alpha value is -1.93. The number of imide groups is 1. The van der Waals surface area contributed by atoms with Gasteiger partial charge in [0.2, 0.25) is 5.95 Å². The van der Waals surface area contributed by atoms with Crippen LogP contribution in [0.4, 0.5) is 10.7 Å². The first-order valence-corrected chi connectivity index (χ1v) is 8.43. The largest absolute Gasteiger partial charge is 0.344 e. The topological polar surface area (TPSA) is 87.2 Å². The van der Waals surface area contributed by atoms with Gasteiger partial charge in [-0.25, -0.2) is 9.97 Å². The van der Waals surface area contributed by atoms with Crippen molar-refractivity contribution in [2.24, 2.45) is 5.92 Å². The van der Waals surface area contributed by atoms with Crippen LogP contribution in [0.5, 0.6) is 0 Å². The van der Waals surface area contributed by atoms with E-state index in [0.717, 1.165) is 31.4 Å². The van der Waals surface area contributed by atoms with Gasteiger partial charge in [-0.15, -0.1) is 0 Å². The highest BCUT2D eigenvalue weighted by Crippen LogP contribution is 2.25. The lowest BCUT2D eigenvalue weighted by Gasteiger charge is -2.27. The van der Waals surface area contributed by atoms with Gasteiger partial charge in [0.1, 0.15) is 0 Å². The van der Waals surface area contributed by atoms with E-state index in [-0.39, 0.29) is 11.1 Å². The van der Waals surface area contributed by atoms with Gasteiger partial charge in [-0.3, -0.25) is 14.9 Å². The van der Waals surface area contributed by atoms with Crippen LogP contribution in [0, 0.1) is 5.92 Å². The molecule has 1 atom stereocenters. The van der Waals surface area contributed by atoms with Crippen molar-refractivity contribution < 1.29 is 9.59 Å². The maximum Gasteiger partial charge on any atom is 0.290 e. The summed E-state index contributed by atoms with van der Waals surface area (Å²) in [5.41, 5.74) is 0.621. The second-order valence-electron chi connectivity index (χ2n) is 5.73. The molecule has 2 N–H and O–H groups in total. The molecular weight excluding hydrogens is 314 g/mol. The molecule has 3 heterocycles. The molecule has 1 aromatic heterocycles. The van der Waals surface area contributed by atoms with Gasteiger partial charge in [0.25, 0.3) is 11.1 Å². The predicted molar refractivity (Wildman–Crippen MR) is 90.0 cm³/mol. The first kappa shape index (κ1) is 15.9. The standard InChI is InChI=1S/C15H19N5O2S/c1-20(9-10-3-2-5-16-8-10)14-17-6-4-11(18-14)7-12-13(21)19-15(22)23-12/h4,6-7,10,16H,2-3,5,8-9H2,1H3,(H,19,21,22). The van der Waals surface area contributed by atoms with Crippen LogP contribution in [-0.2, 0) is 4.79 Å². The Balaban J connectivity index is 1.70. The summed E-state index contributed by atoms with van der Waals surface area (Å²) in [4.78, 5) is 34.0. The first-order chi connectivity index (χ1) is 11.1. The van der Waals surface area contributed by atoms with E-state index in [4.69, 9.17) is 0 Å². The quantitative estimate of drug-likeness (QED) is 0.802. The molecule has 2 amide bonds. The molecule has 7 nitrogen and oxygen atoms in total. The molecule has 2 aliphatic heterocycles. The number of carbonyl (C=O) groups excluding carboxylic acids is 2. The summed E-state index contributed by atoms with van der Waals surface area (Å²) in [6.45, 7) is 3.01. The fraction of sp³-hybridized carbons (Fsp3) is 0.467. The van der Waals surface area contributed by atoms with E-state index < -0.39 is 0 Å². The molecule has 0 spiro atoms. The van der Waals surface area contributed by atoms with Gasteiger partial charge in [0.05, 0.1) is 10.6 Å². The van der Waals surface area contributed by atoms with Crippen LogP contribution in [0.2, 0.25) is 0 Å². The number of rotatable bonds is 4.